The van der Waals surface area contributed by atoms with Gasteiger partial charge in [-0.2, -0.15) is 0 Å². The van der Waals surface area contributed by atoms with Crippen LogP contribution in [0.3, 0.4) is 0 Å². The lowest BCUT2D eigenvalue weighted by Gasteiger charge is -2.18. The molecule has 0 heterocycles. The van der Waals surface area contributed by atoms with Crippen molar-refractivity contribution in [1.29, 1.82) is 0 Å². The van der Waals surface area contributed by atoms with Gasteiger partial charge in [0.25, 0.3) is 0 Å². The summed E-state index contributed by atoms with van der Waals surface area (Å²) in [5, 5.41) is 4.17. The summed E-state index contributed by atoms with van der Waals surface area (Å²) in [6.07, 6.45) is 0.860. The third kappa shape index (κ3) is 4.08. The van der Waals surface area contributed by atoms with Gasteiger partial charge in [-0.3, -0.25) is 0 Å². The van der Waals surface area contributed by atoms with Crippen LogP contribution in [0.5, 0.6) is 0 Å². The first-order valence-corrected chi connectivity index (χ1v) is 8.34. The van der Waals surface area contributed by atoms with Crippen molar-refractivity contribution in [2.45, 2.75) is 19.4 Å². The molecule has 106 valence electrons. The second-order valence-corrected chi connectivity index (χ2v) is 7.08. The smallest absolute Gasteiger partial charge is 0.0449 e. The van der Waals surface area contributed by atoms with E-state index in [1.165, 1.54) is 11.1 Å². The number of likely N-dealkylation sites (N-methyl/N-ethyl adjacent to an activating group) is 1. The van der Waals surface area contributed by atoms with Crippen molar-refractivity contribution in [1.82, 2.24) is 5.32 Å². The second-order valence-electron chi connectivity index (χ2n) is 4.84. The van der Waals surface area contributed by atoms with Crippen LogP contribution in [0.4, 0.5) is 0 Å². The Morgan fingerprint density at radius 3 is 2.45 bits per heavy atom. The number of halogens is 3. The van der Waals surface area contributed by atoms with E-state index in [0.717, 1.165) is 26.0 Å². The fourth-order valence-corrected chi connectivity index (χ4v) is 3.64. The van der Waals surface area contributed by atoms with Crippen molar-refractivity contribution in [3.05, 3.63) is 67.1 Å². The molecule has 0 spiro atoms. The standard InChI is InChI=1S/C16H16Br2ClN/c1-10-5-12(7-14(18)6-10)16(20-2)8-11-3-4-13(17)9-15(11)19/h3-7,9,16,20H,8H2,1-2H3. The molecule has 0 aliphatic heterocycles. The van der Waals surface area contributed by atoms with Crippen LogP contribution < -0.4 is 5.32 Å². The maximum Gasteiger partial charge on any atom is 0.0449 e. The second kappa shape index (κ2) is 7.08. The fourth-order valence-electron chi connectivity index (χ4n) is 2.26. The van der Waals surface area contributed by atoms with Crippen LogP contribution in [-0.2, 0) is 6.42 Å². The van der Waals surface area contributed by atoms with Crippen LogP contribution in [0.15, 0.2) is 45.3 Å². The van der Waals surface area contributed by atoms with Crippen molar-refractivity contribution in [2.75, 3.05) is 7.05 Å². The molecule has 1 unspecified atom stereocenters. The number of hydrogen-bond acceptors (Lipinski definition) is 1. The molecule has 1 nitrogen and oxygen atoms in total. The molecule has 0 amide bonds. The number of aryl methyl sites for hydroxylation is 1. The van der Waals surface area contributed by atoms with Gasteiger partial charge in [-0.25, -0.2) is 0 Å². The van der Waals surface area contributed by atoms with Crippen LogP contribution in [0, 0.1) is 6.92 Å². The summed E-state index contributed by atoms with van der Waals surface area (Å²) in [6.45, 7) is 2.10. The summed E-state index contributed by atoms with van der Waals surface area (Å²) in [4.78, 5) is 0. The topological polar surface area (TPSA) is 12.0 Å². The molecule has 2 rings (SSSR count). The molecule has 4 heteroatoms. The Kier molecular flexibility index (Phi) is 5.67. The molecule has 0 aliphatic rings. The SMILES string of the molecule is CNC(Cc1ccc(Br)cc1Cl)c1cc(C)cc(Br)c1. The van der Waals surface area contributed by atoms with Gasteiger partial charge in [-0.05, 0) is 61.3 Å². The Morgan fingerprint density at radius 2 is 1.85 bits per heavy atom. The summed E-state index contributed by atoms with van der Waals surface area (Å²) in [7, 11) is 1.98. The molecular weight excluding hydrogens is 401 g/mol. The van der Waals surface area contributed by atoms with Crippen LogP contribution >= 0.6 is 43.5 Å². The summed E-state index contributed by atoms with van der Waals surface area (Å²) >= 11 is 13.3. The highest BCUT2D eigenvalue weighted by Gasteiger charge is 2.13. The molecule has 1 N–H and O–H groups in total. The van der Waals surface area contributed by atoms with E-state index in [9.17, 15) is 0 Å². The maximum absolute atomic E-state index is 6.31. The lowest BCUT2D eigenvalue weighted by atomic mass is 9.98. The number of rotatable bonds is 4. The van der Waals surface area contributed by atoms with E-state index in [1.807, 2.05) is 19.2 Å². The first kappa shape index (κ1) is 16.0. The average Bonchev–Trinajstić information content (AvgIpc) is 2.36. The van der Waals surface area contributed by atoms with E-state index < -0.39 is 0 Å². The highest BCUT2D eigenvalue weighted by Crippen LogP contribution is 2.28. The van der Waals surface area contributed by atoms with Gasteiger partial charge in [0.2, 0.25) is 0 Å². The predicted molar refractivity (Wildman–Crippen MR) is 93.5 cm³/mol. The maximum atomic E-state index is 6.31. The van der Waals surface area contributed by atoms with E-state index in [2.05, 4.69) is 68.4 Å². The molecule has 0 saturated heterocycles. The highest BCUT2D eigenvalue weighted by molar-refractivity contribution is 9.10. The first-order chi connectivity index (χ1) is 9.49. The molecule has 20 heavy (non-hydrogen) atoms. The van der Waals surface area contributed by atoms with Crippen LogP contribution in [0.2, 0.25) is 5.02 Å². The van der Waals surface area contributed by atoms with Crippen molar-refractivity contribution in [3.63, 3.8) is 0 Å². The third-order valence-electron chi connectivity index (χ3n) is 3.25. The van der Waals surface area contributed by atoms with Crippen molar-refractivity contribution in [2.24, 2.45) is 0 Å². The Labute approximate surface area is 142 Å². The molecule has 0 aromatic heterocycles. The molecule has 0 fully saturated rings. The number of nitrogens with one attached hydrogen (secondary N) is 1. The largest absolute Gasteiger partial charge is 0.313 e. The Bertz CT molecular complexity index is 593. The summed E-state index contributed by atoms with van der Waals surface area (Å²) < 4.78 is 2.11. The quantitative estimate of drug-likeness (QED) is 0.675. The van der Waals surface area contributed by atoms with Crippen LogP contribution in [0.25, 0.3) is 0 Å². The number of benzene rings is 2. The zero-order valence-electron chi connectivity index (χ0n) is 11.4. The summed E-state index contributed by atoms with van der Waals surface area (Å²) in [5.41, 5.74) is 3.65. The fraction of sp³-hybridized carbons (Fsp3) is 0.250. The Hall–Kier alpha value is -0.350. The summed E-state index contributed by atoms with van der Waals surface area (Å²) in [6, 6.07) is 12.8. The van der Waals surface area contributed by atoms with E-state index in [1.54, 1.807) is 0 Å². The average molecular weight is 418 g/mol. The molecule has 0 aliphatic carbocycles. The lowest BCUT2D eigenvalue weighted by Crippen LogP contribution is -2.19. The Morgan fingerprint density at radius 1 is 1.10 bits per heavy atom. The number of hydrogen-bond donors (Lipinski definition) is 1. The molecule has 2 aromatic carbocycles. The van der Waals surface area contributed by atoms with Gasteiger partial charge >= 0.3 is 0 Å². The molecule has 2 aromatic rings. The van der Waals surface area contributed by atoms with E-state index >= 15 is 0 Å². The third-order valence-corrected chi connectivity index (χ3v) is 4.56. The van der Waals surface area contributed by atoms with E-state index in [0.29, 0.717) is 0 Å². The van der Waals surface area contributed by atoms with Gasteiger partial charge in [0.1, 0.15) is 0 Å². The van der Waals surface area contributed by atoms with E-state index in [-0.39, 0.29) is 6.04 Å². The highest BCUT2D eigenvalue weighted by atomic mass is 79.9. The van der Waals surface area contributed by atoms with Crippen molar-refractivity contribution < 1.29 is 0 Å². The van der Waals surface area contributed by atoms with Gasteiger partial charge in [-0.15, -0.1) is 0 Å². The van der Waals surface area contributed by atoms with Gasteiger partial charge in [-0.1, -0.05) is 55.6 Å². The zero-order valence-corrected chi connectivity index (χ0v) is 15.3. The minimum Gasteiger partial charge on any atom is -0.313 e. The molecule has 0 bridgehead atoms. The minimum atomic E-state index is 0.241. The summed E-state index contributed by atoms with van der Waals surface area (Å²) in [5.74, 6) is 0. The van der Waals surface area contributed by atoms with Gasteiger partial charge in [0.05, 0.1) is 0 Å². The van der Waals surface area contributed by atoms with Crippen molar-refractivity contribution in [3.8, 4) is 0 Å². The van der Waals surface area contributed by atoms with E-state index in [4.69, 9.17) is 11.6 Å². The Balaban J connectivity index is 2.28. The van der Waals surface area contributed by atoms with Gasteiger partial charge in [0.15, 0.2) is 0 Å². The molecule has 0 saturated carbocycles. The lowest BCUT2D eigenvalue weighted by molar-refractivity contribution is 0.591. The van der Waals surface area contributed by atoms with Crippen molar-refractivity contribution >= 4 is 43.5 Å². The minimum absolute atomic E-state index is 0.241. The van der Waals surface area contributed by atoms with Gasteiger partial charge < -0.3 is 5.32 Å². The first-order valence-electron chi connectivity index (χ1n) is 6.38. The van der Waals surface area contributed by atoms with Gasteiger partial charge in [0, 0.05) is 20.0 Å². The van der Waals surface area contributed by atoms with Crippen LogP contribution in [0.1, 0.15) is 22.7 Å². The molecule has 0 radical (unpaired) electrons. The molecule has 1 atom stereocenters. The normalized spacial score (nSPS) is 12.4. The molecular formula is C16H16Br2ClN. The monoisotopic (exact) mass is 415 g/mol. The zero-order chi connectivity index (χ0) is 14.7. The van der Waals surface area contributed by atoms with Crippen LogP contribution in [-0.4, -0.2) is 7.05 Å². The predicted octanol–water partition coefficient (Wildman–Crippen LogP) is 5.68.